The number of ketones is 1. The van der Waals surface area contributed by atoms with E-state index in [-0.39, 0.29) is 5.78 Å². The van der Waals surface area contributed by atoms with Gasteiger partial charge in [0.2, 0.25) is 12.3 Å². The number of hydrogen-bond acceptors (Lipinski definition) is 2. The summed E-state index contributed by atoms with van der Waals surface area (Å²) >= 11 is 0. The third kappa shape index (κ3) is 2.56. The summed E-state index contributed by atoms with van der Waals surface area (Å²) < 4.78 is 7.13. The first-order valence-electron chi connectivity index (χ1n) is 5.83. The molecule has 92 valence electrons. The molecule has 0 bridgehead atoms. The second kappa shape index (κ2) is 5.45. The second-order valence-corrected chi connectivity index (χ2v) is 4.09. The van der Waals surface area contributed by atoms with E-state index in [1.165, 1.54) is 0 Å². The maximum absolute atomic E-state index is 12.2. The zero-order valence-corrected chi connectivity index (χ0v) is 10.6. The molecule has 0 unspecified atom stereocenters. The highest BCUT2D eigenvalue weighted by molar-refractivity contribution is 5.97. The lowest BCUT2D eigenvalue weighted by Gasteiger charge is -2.05. The molecule has 0 saturated heterocycles. The summed E-state index contributed by atoms with van der Waals surface area (Å²) in [6.45, 7) is 2.31. The number of ether oxygens (including phenoxy) is 1. The number of benzene rings is 1. The Kier molecular flexibility index (Phi) is 3.72. The van der Waals surface area contributed by atoms with Gasteiger partial charge in [-0.15, -0.1) is 0 Å². The number of para-hydroxylation sites is 1. The normalized spacial score (nSPS) is 10.1. The lowest BCUT2D eigenvalue weighted by atomic mass is 10.1. The number of methoxy groups -OCH3 is 1. The Morgan fingerprint density at radius 2 is 1.89 bits per heavy atom. The second-order valence-electron chi connectivity index (χ2n) is 4.09. The van der Waals surface area contributed by atoms with Crippen molar-refractivity contribution in [2.75, 3.05) is 7.11 Å². The van der Waals surface area contributed by atoms with Crippen molar-refractivity contribution in [3.05, 3.63) is 59.9 Å². The van der Waals surface area contributed by atoms with Crippen molar-refractivity contribution in [1.82, 2.24) is 0 Å². The fourth-order valence-corrected chi connectivity index (χ4v) is 1.85. The van der Waals surface area contributed by atoms with Gasteiger partial charge in [-0.1, -0.05) is 18.2 Å². The third-order valence-corrected chi connectivity index (χ3v) is 2.89. The van der Waals surface area contributed by atoms with Crippen LogP contribution in [0.3, 0.4) is 0 Å². The Morgan fingerprint density at radius 1 is 1.17 bits per heavy atom. The summed E-state index contributed by atoms with van der Waals surface area (Å²) in [6.07, 6.45) is 1.91. The van der Waals surface area contributed by atoms with Crippen molar-refractivity contribution in [2.45, 2.75) is 13.5 Å². The van der Waals surface area contributed by atoms with E-state index in [0.717, 1.165) is 5.69 Å². The van der Waals surface area contributed by atoms with Gasteiger partial charge in [0.25, 0.3) is 0 Å². The number of rotatable bonds is 4. The first-order chi connectivity index (χ1) is 8.72. The number of nitrogens with zero attached hydrogens (tertiary/aromatic N) is 1. The van der Waals surface area contributed by atoms with Gasteiger partial charge in [0.15, 0.2) is 11.9 Å². The molecule has 0 amide bonds. The van der Waals surface area contributed by atoms with Gasteiger partial charge in [0.1, 0.15) is 5.75 Å². The number of aromatic nitrogens is 1. The van der Waals surface area contributed by atoms with Crippen LogP contribution in [-0.4, -0.2) is 12.9 Å². The van der Waals surface area contributed by atoms with E-state index >= 15 is 0 Å². The highest BCUT2D eigenvalue weighted by atomic mass is 16.5. The van der Waals surface area contributed by atoms with Crippen molar-refractivity contribution in [1.29, 1.82) is 0 Å². The van der Waals surface area contributed by atoms with Crippen LogP contribution in [0.4, 0.5) is 0 Å². The van der Waals surface area contributed by atoms with E-state index in [1.54, 1.807) is 19.2 Å². The minimum Gasteiger partial charge on any atom is -0.496 e. The quantitative estimate of drug-likeness (QED) is 0.607. The molecule has 1 aromatic carbocycles. The third-order valence-electron chi connectivity index (χ3n) is 2.89. The predicted octanol–water partition coefficient (Wildman–Crippen LogP) is 2.17. The fourth-order valence-electron chi connectivity index (χ4n) is 1.85. The van der Waals surface area contributed by atoms with Gasteiger partial charge in [0, 0.05) is 19.1 Å². The summed E-state index contributed by atoms with van der Waals surface area (Å²) in [6, 6.07) is 13.2. The van der Waals surface area contributed by atoms with Crippen LogP contribution >= 0.6 is 0 Å². The van der Waals surface area contributed by atoms with Gasteiger partial charge in [0.05, 0.1) is 12.7 Å². The van der Waals surface area contributed by atoms with Gasteiger partial charge in [-0.25, -0.2) is 0 Å². The van der Waals surface area contributed by atoms with E-state index < -0.39 is 0 Å². The molecule has 0 aliphatic heterocycles. The van der Waals surface area contributed by atoms with Crippen molar-refractivity contribution < 1.29 is 14.1 Å². The Morgan fingerprint density at radius 3 is 2.61 bits per heavy atom. The Hall–Kier alpha value is -2.16. The van der Waals surface area contributed by atoms with E-state index in [4.69, 9.17) is 4.74 Å². The lowest BCUT2D eigenvalue weighted by molar-refractivity contribution is -0.689. The Labute approximate surface area is 107 Å². The molecule has 0 spiro atoms. The average Bonchev–Trinajstić information content (AvgIpc) is 2.41. The average molecular weight is 242 g/mol. The predicted molar refractivity (Wildman–Crippen MR) is 68.7 cm³/mol. The summed E-state index contributed by atoms with van der Waals surface area (Å²) in [5.41, 5.74) is 1.68. The molecule has 0 fully saturated rings. The van der Waals surface area contributed by atoms with Gasteiger partial charge >= 0.3 is 0 Å². The Balaban J connectivity index is 2.25. The number of Topliss-reactive ketones (excluding diaryl/α,β-unsaturated/α-hetero) is 1. The number of carbonyl (C=O) groups is 1. The molecule has 0 radical (unpaired) electrons. The van der Waals surface area contributed by atoms with Crippen LogP contribution in [-0.2, 0) is 6.54 Å². The summed E-state index contributed by atoms with van der Waals surface area (Å²) in [5, 5.41) is 0. The Bertz CT molecular complexity index is 564. The van der Waals surface area contributed by atoms with Crippen LogP contribution in [0, 0.1) is 6.92 Å². The summed E-state index contributed by atoms with van der Waals surface area (Å²) in [4.78, 5) is 12.2. The molecular formula is C15H16NO2+. The van der Waals surface area contributed by atoms with Crippen LogP contribution in [0.2, 0.25) is 0 Å². The van der Waals surface area contributed by atoms with Crippen LogP contribution in [0.5, 0.6) is 5.75 Å². The molecule has 3 heteroatoms. The van der Waals surface area contributed by atoms with E-state index in [2.05, 4.69) is 0 Å². The first-order valence-corrected chi connectivity index (χ1v) is 5.83. The maximum atomic E-state index is 12.2. The van der Waals surface area contributed by atoms with Crippen molar-refractivity contribution in [3.63, 3.8) is 0 Å². The molecule has 0 aliphatic carbocycles. The maximum Gasteiger partial charge on any atom is 0.231 e. The summed E-state index contributed by atoms with van der Waals surface area (Å²) in [5.74, 6) is 0.670. The van der Waals surface area contributed by atoms with Crippen LogP contribution in [0.1, 0.15) is 16.1 Å². The van der Waals surface area contributed by atoms with Gasteiger partial charge in [-0.2, -0.15) is 4.57 Å². The smallest absolute Gasteiger partial charge is 0.231 e. The molecule has 2 aromatic rings. The minimum atomic E-state index is 0.0479. The molecule has 0 N–H and O–H groups in total. The number of pyridine rings is 1. The lowest BCUT2D eigenvalue weighted by Crippen LogP contribution is -2.40. The van der Waals surface area contributed by atoms with Crippen LogP contribution in [0.25, 0.3) is 0 Å². The van der Waals surface area contributed by atoms with E-state index in [1.807, 2.05) is 48.0 Å². The monoisotopic (exact) mass is 242 g/mol. The molecule has 1 heterocycles. The number of carbonyl (C=O) groups excluding carboxylic acids is 1. The first kappa shape index (κ1) is 12.3. The number of aryl methyl sites for hydroxylation is 1. The molecule has 3 nitrogen and oxygen atoms in total. The van der Waals surface area contributed by atoms with Crippen LogP contribution < -0.4 is 9.30 Å². The highest BCUT2D eigenvalue weighted by Crippen LogP contribution is 2.17. The molecular weight excluding hydrogens is 226 g/mol. The zero-order chi connectivity index (χ0) is 13.0. The summed E-state index contributed by atoms with van der Waals surface area (Å²) in [7, 11) is 1.58. The zero-order valence-electron chi connectivity index (χ0n) is 10.6. The number of hydrogen-bond donors (Lipinski definition) is 0. The standard InChI is InChI=1S/C15H16NO2/c1-12-7-5-6-10-16(12)11-14(17)13-8-3-4-9-15(13)18-2/h3-10H,11H2,1-2H3/q+1. The van der Waals surface area contributed by atoms with Crippen LogP contribution in [0.15, 0.2) is 48.7 Å². The SMILES string of the molecule is COc1ccccc1C(=O)C[n+]1ccccc1C. The van der Waals surface area contributed by atoms with Crippen molar-refractivity contribution in [3.8, 4) is 5.75 Å². The fraction of sp³-hybridized carbons (Fsp3) is 0.200. The van der Waals surface area contributed by atoms with Crippen molar-refractivity contribution in [2.24, 2.45) is 0 Å². The van der Waals surface area contributed by atoms with Gasteiger partial charge < -0.3 is 4.74 Å². The minimum absolute atomic E-state index is 0.0479. The largest absolute Gasteiger partial charge is 0.496 e. The van der Waals surface area contributed by atoms with E-state index in [0.29, 0.717) is 17.9 Å². The van der Waals surface area contributed by atoms with Gasteiger partial charge in [-0.05, 0) is 12.1 Å². The molecule has 0 aliphatic rings. The molecule has 1 aromatic heterocycles. The van der Waals surface area contributed by atoms with Crippen molar-refractivity contribution >= 4 is 5.78 Å². The topological polar surface area (TPSA) is 30.2 Å². The van der Waals surface area contributed by atoms with E-state index in [9.17, 15) is 4.79 Å². The molecule has 18 heavy (non-hydrogen) atoms. The molecule has 0 atom stereocenters. The molecule has 2 rings (SSSR count). The molecule has 0 saturated carbocycles. The van der Waals surface area contributed by atoms with Gasteiger partial charge in [-0.3, -0.25) is 4.79 Å². The highest BCUT2D eigenvalue weighted by Gasteiger charge is 2.17.